The number of hydrogen-bond acceptors (Lipinski definition) is 7. The largest absolute Gasteiger partial charge is 0.443 e. The first-order chi connectivity index (χ1) is 41.2. The average Bonchev–Trinajstić information content (AvgIpc) is 1.74. The number of aryl methyl sites for hydroxylation is 3. The second kappa shape index (κ2) is 28.6. The minimum absolute atomic E-state index is 0.00476. The molecule has 452 valence electrons. The van der Waals surface area contributed by atoms with E-state index in [2.05, 4.69) is 37.6 Å². The van der Waals surface area contributed by atoms with Crippen molar-refractivity contribution in [3.05, 3.63) is 155 Å². The van der Waals surface area contributed by atoms with Gasteiger partial charge in [-0.25, -0.2) is 24.2 Å². The molecule has 4 aromatic rings. The lowest BCUT2D eigenvalue weighted by Gasteiger charge is -2.33. The molecule has 5 amide bonds. The number of halogens is 1. The predicted octanol–water partition coefficient (Wildman–Crippen LogP) is 14.3. The second-order valence-electron chi connectivity index (χ2n) is 25.1. The van der Waals surface area contributed by atoms with Gasteiger partial charge in [-0.2, -0.15) is 3.89 Å². The summed E-state index contributed by atoms with van der Waals surface area (Å²) in [6.07, 6.45) is 18.7. The Morgan fingerprint density at radius 3 is 1.03 bits per heavy atom. The number of ether oxygens (including phenoxy) is 1. The van der Waals surface area contributed by atoms with Gasteiger partial charge in [-0.3, -0.25) is 24.1 Å². The Morgan fingerprint density at radius 2 is 0.756 bits per heavy atom. The first-order valence-electron chi connectivity index (χ1n) is 30.4. The van der Waals surface area contributed by atoms with E-state index in [1.165, 1.54) is 94.9 Å². The number of carbonyl (C=O) groups is 5. The number of hydrogen-bond donors (Lipinski definition) is 0. The van der Waals surface area contributed by atoms with Crippen LogP contribution in [0.1, 0.15) is 176 Å². The Morgan fingerprint density at radius 1 is 0.477 bits per heavy atom. The summed E-state index contributed by atoms with van der Waals surface area (Å²) in [7, 11) is 7.36. The Balaban J connectivity index is 0.000000148. The molecular weight excluding hydrogens is 1100 g/mol. The molecule has 4 atom stereocenters. The summed E-state index contributed by atoms with van der Waals surface area (Å²) in [6, 6.07) is 15.8. The molecule has 86 heavy (non-hydrogen) atoms. The molecule has 15 nitrogen and oxygen atoms in total. The normalized spacial score (nSPS) is 21.0. The van der Waals surface area contributed by atoms with Gasteiger partial charge in [0, 0.05) is 134 Å². The summed E-state index contributed by atoms with van der Waals surface area (Å²) in [5, 5.41) is 0. The van der Waals surface area contributed by atoms with E-state index in [1.54, 1.807) is 37.6 Å². The summed E-state index contributed by atoms with van der Waals surface area (Å²) in [6.45, 7) is 38.8. The maximum Gasteiger partial charge on any atom is 0.414 e. The predicted molar refractivity (Wildman–Crippen MR) is 337 cm³/mol. The Hall–Kier alpha value is -7.73. The quantitative estimate of drug-likeness (QED) is 0.186. The molecule has 0 radical (unpaired) electrons. The lowest BCUT2D eigenvalue weighted by molar-refractivity contribution is -0.127. The Labute approximate surface area is 513 Å². The number of amides is 5. The average molecular weight is 1180 g/mol. The minimum Gasteiger partial charge on any atom is -0.443 e. The number of nitrogens with zero attached hydrogens (tertiary/aromatic N) is 9. The summed E-state index contributed by atoms with van der Waals surface area (Å²) < 4.78 is 15.8. The van der Waals surface area contributed by atoms with E-state index in [4.69, 9.17) is 31.0 Å². The highest BCUT2D eigenvalue weighted by Gasteiger charge is 2.38. The zero-order valence-electron chi connectivity index (χ0n) is 51.5. The summed E-state index contributed by atoms with van der Waals surface area (Å²) in [5.41, 5.74) is 16.9. The van der Waals surface area contributed by atoms with Crippen LogP contribution in [0.15, 0.2) is 48.5 Å². The van der Waals surface area contributed by atoms with Gasteiger partial charge in [0.15, 0.2) is 22.7 Å². The monoisotopic (exact) mass is 1180 g/mol. The number of rotatable bonds is 4. The molecule has 3 aliphatic carbocycles. The third-order valence-electron chi connectivity index (χ3n) is 18.2. The van der Waals surface area contributed by atoms with Crippen LogP contribution in [0.25, 0.3) is 19.4 Å². The van der Waals surface area contributed by atoms with Gasteiger partial charge in [0.1, 0.15) is 5.60 Å². The molecule has 0 spiro atoms. The smallest absolute Gasteiger partial charge is 0.414 e. The summed E-state index contributed by atoms with van der Waals surface area (Å²) in [4.78, 5) is 83.5. The molecule has 12 rings (SSSR count). The molecular formula is C69H82FN9O6S. The highest BCUT2D eigenvalue weighted by atomic mass is 32.2. The highest BCUT2D eigenvalue weighted by Crippen LogP contribution is 2.46. The molecule has 4 fully saturated rings. The fourth-order valence-electron chi connectivity index (χ4n) is 14.2. The number of carbonyl (C=O) groups excluding carboxylic acids is 5. The van der Waals surface area contributed by atoms with Crippen molar-refractivity contribution in [3.63, 3.8) is 0 Å². The third kappa shape index (κ3) is 14.6. The van der Waals surface area contributed by atoms with Crippen molar-refractivity contribution in [2.75, 3.05) is 72.1 Å². The van der Waals surface area contributed by atoms with Crippen molar-refractivity contribution in [1.29, 1.82) is 0 Å². The van der Waals surface area contributed by atoms with Crippen molar-refractivity contribution in [2.24, 2.45) is 0 Å². The Bertz CT molecular complexity index is 3170. The molecule has 0 N–H and O–H groups in total. The van der Waals surface area contributed by atoms with Crippen molar-refractivity contribution in [1.82, 2.24) is 19.6 Å². The van der Waals surface area contributed by atoms with Crippen LogP contribution in [0, 0.1) is 26.3 Å². The van der Waals surface area contributed by atoms with Gasteiger partial charge in [-0.1, -0.05) is 59.2 Å². The zero-order valence-corrected chi connectivity index (χ0v) is 52.3. The van der Waals surface area contributed by atoms with Gasteiger partial charge in [0.2, 0.25) is 23.6 Å². The van der Waals surface area contributed by atoms with Crippen molar-refractivity contribution >= 4 is 70.3 Å². The van der Waals surface area contributed by atoms with Crippen LogP contribution >= 0.6 is 12.1 Å². The van der Waals surface area contributed by atoms with Crippen molar-refractivity contribution in [3.8, 4) is 0 Å². The SMILES string of the molecule is CSF.[C-]#[N+]c1ccc2c(c1C1CC(=O)N(C)C1)CCCC2.[C-]#[N+]c1ccc2c(c1C1CC(=O)N(C)C1)CCCN2C(=O)OC(C)(C)C.[C-]#[N+]c1ccc2c(c1[C@@H]1CC(=O)N(C)C1)CCCC2.[C-]#[N+]c1ccc2c(c1[C@H]1CC(=O)N(C)C1)CCCC2. The van der Waals surface area contributed by atoms with E-state index in [0.29, 0.717) is 44.5 Å². The van der Waals surface area contributed by atoms with E-state index < -0.39 is 5.60 Å². The van der Waals surface area contributed by atoms with Gasteiger partial charge in [0.25, 0.3) is 0 Å². The van der Waals surface area contributed by atoms with Crippen LogP contribution in [-0.4, -0.2) is 122 Å². The summed E-state index contributed by atoms with van der Waals surface area (Å²) >= 11 is 0.250. The minimum atomic E-state index is -0.561. The maximum absolute atomic E-state index is 12.6. The van der Waals surface area contributed by atoms with E-state index in [9.17, 15) is 27.9 Å². The zero-order chi connectivity index (χ0) is 62.0. The van der Waals surface area contributed by atoms with E-state index >= 15 is 0 Å². The third-order valence-corrected chi connectivity index (χ3v) is 18.2. The van der Waals surface area contributed by atoms with Crippen LogP contribution in [0.5, 0.6) is 0 Å². The van der Waals surface area contributed by atoms with Crippen LogP contribution in [0.3, 0.4) is 0 Å². The molecule has 5 heterocycles. The lowest BCUT2D eigenvalue weighted by Crippen LogP contribution is -2.40. The van der Waals surface area contributed by atoms with Crippen LogP contribution in [-0.2, 0) is 68.9 Å². The lowest BCUT2D eigenvalue weighted by atomic mass is 9.82. The number of benzene rings is 4. The molecule has 17 heteroatoms. The number of anilines is 1. The second-order valence-corrected chi connectivity index (χ2v) is 25.4. The Kier molecular flexibility index (Phi) is 21.4. The van der Waals surface area contributed by atoms with Crippen molar-refractivity contribution < 1.29 is 32.6 Å². The fourth-order valence-corrected chi connectivity index (χ4v) is 14.2. The van der Waals surface area contributed by atoms with Crippen LogP contribution in [0.2, 0.25) is 0 Å². The van der Waals surface area contributed by atoms with E-state index in [-0.39, 0.29) is 65.5 Å². The van der Waals surface area contributed by atoms with Gasteiger partial charge in [-0.05, 0) is 161 Å². The number of fused-ring (bicyclic) bond motifs is 4. The molecule has 0 bridgehead atoms. The van der Waals surface area contributed by atoms with Gasteiger partial charge in [-0.15, -0.1) is 0 Å². The van der Waals surface area contributed by atoms with E-state index in [0.717, 1.165) is 105 Å². The first-order valence-corrected chi connectivity index (χ1v) is 31.6. The molecule has 8 aliphatic rings. The molecule has 0 saturated carbocycles. The standard InChI is InChI=1S/C20H25N3O3.3C16H18N2O.CH3FS/c1-20(2,3)26-19(25)23-10-6-7-14-16(23)9-8-15(21-4)18(14)13-11-17(24)22(5)12-13;3*1-17-14-8-7-11-5-3-4-6-13(11)16(14)12-9-15(19)18(2)10-12;1-3-2/h8-9,13H,6-7,10-12H2,1-3,5H3;3*7-8,12H,3-6,9-10H2,2H3;1H3/t;2*12-;;/m.10../s1. The van der Waals surface area contributed by atoms with Gasteiger partial charge in [0.05, 0.1) is 26.3 Å². The maximum atomic E-state index is 12.6. The molecule has 4 aromatic carbocycles. The molecule has 2 unspecified atom stereocenters. The first kappa shape index (κ1) is 64.3. The highest BCUT2D eigenvalue weighted by molar-refractivity contribution is 7.93. The van der Waals surface area contributed by atoms with E-state index in [1.807, 2.05) is 66.2 Å². The summed E-state index contributed by atoms with van der Waals surface area (Å²) in [5.74, 6) is 1.37. The molecule has 5 aliphatic heterocycles. The number of likely N-dealkylation sites (tertiary alicyclic amines) is 4. The van der Waals surface area contributed by atoms with Gasteiger partial charge >= 0.3 is 6.09 Å². The molecule has 4 saturated heterocycles. The fraction of sp³-hybridized carbons (Fsp3) is 0.522. The van der Waals surface area contributed by atoms with Crippen molar-refractivity contribution in [2.45, 2.75) is 166 Å². The number of likely N-dealkylation sites (N-methyl/N-ethyl adjacent to an activating group) is 4. The topological polar surface area (TPSA) is 128 Å². The van der Waals surface area contributed by atoms with Gasteiger partial charge < -0.3 is 24.3 Å². The molecule has 0 aromatic heterocycles. The van der Waals surface area contributed by atoms with Crippen LogP contribution < -0.4 is 4.90 Å². The van der Waals surface area contributed by atoms with Crippen LogP contribution in [0.4, 0.5) is 37.1 Å².